The number of rotatable bonds is 11. The summed E-state index contributed by atoms with van der Waals surface area (Å²) in [5.41, 5.74) is 3.29. The van der Waals surface area contributed by atoms with E-state index in [9.17, 15) is 0 Å². The lowest BCUT2D eigenvalue weighted by Crippen LogP contribution is -2.13. The maximum atomic E-state index is 6.14. The molecule has 166 valence electrons. The maximum absolute atomic E-state index is 6.14. The molecule has 0 fully saturated rings. The smallest absolute Gasteiger partial charge is 0.180 e. The van der Waals surface area contributed by atoms with Crippen molar-refractivity contribution in [2.75, 3.05) is 25.1 Å². The molecule has 0 atom stereocenters. The fourth-order valence-electron chi connectivity index (χ4n) is 3.27. The second-order valence-corrected chi connectivity index (χ2v) is 8.01. The van der Waals surface area contributed by atoms with Crippen molar-refractivity contribution in [3.05, 3.63) is 47.5 Å². The summed E-state index contributed by atoms with van der Waals surface area (Å²) in [5.74, 6) is 3.29. The standard InChI is InChI=1S/C25H34N4O2/c1-6-8-11-26-25-24(16-27-18(5)28-25)31-13-12-30-23-15-21(17(3)4)29-22-14-19(7-2)9-10-20(22)23/h9-10,14-17H,6-8,11-13H2,1-5H3,(H,26,27,28). The molecular weight excluding hydrogens is 388 g/mol. The molecule has 1 N–H and O–H groups in total. The van der Waals surface area contributed by atoms with Gasteiger partial charge in [-0.15, -0.1) is 0 Å². The molecule has 0 aliphatic rings. The predicted molar refractivity (Wildman–Crippen MR) is 126 cm³/mol. The summed E-state index contributed by atoms with van der Waals surface area (Å²) in [4.78, 5) is 13.6. The number of benzene rings is 1. The number of anilines is 1. The van der Waals surface area contributed by atoms with Gasteiger partial charge in [0.15, 0.2) is 11.6 Å². The number of hydrogen-bond donors (Lipinski definition) is 1. The van der Waals surface area contributed by atoms with Crippen LogP contribution in [0.2, 0.25) is 0 Å². The van der Waals surface area contributed by atoms with Crippen molar-refractivity contribution in [1.29, 1.82) is 0 Å². The Labute approximate surface area is 185 Å². The van der Waals surface area contributed by atoms with E-state index in [1.54, 1.807) is 6.20 Å². The van der Waals surface area contributed by atoms with Gasteiger partial charge in [-0.1, -0.05) is 40.2 Å². The molecule has 2 heterocycles. The van der Waals surface area contributed by atoms with Crippen molar-refractivity contribution in [3.63, 3.8) is 0 Å². The Kier molecular flexibility index (Phi) is 8.04. The van der Waals surface area contributed by atoms with Crippen molar-refractivity contribution in [1.82, 2.24) is 15.0 Å². The zero-order valence-corrected chi connectivity index (χ0v) is 19.4. The molecule has 0 amide bonds. The van der Waals surface area contributed by atoms with Crippen molar-refractivity contribution >= 4 is 16.7 Å². The highest BCUT2D eigenvalue weighted by Gasteiger charge is 2.11. The second-order valence-electron chi connectivity index (χ2n) is 8.01. The minimum atomic E-state index is 0.328. The number of hydrogen-bond acceptors (Lipinski definition) is 6. The van der Waals surface area contributed by atoms with E-state index in [0.717, 1.165) is 59.8 Å². The Hall–Kier alpha value is -2.89. The van der Waals surface area contributed by atoms with E-state index in [-0.39, 0.29) is 0 Å². The van der Waals surface area contributed by atoms with Crippen LogP contribution in [0.25, 0.3) is 10.9 Å². The van der Waals surface area contributed by atoms with Crippen LogP contribution in [-0.2, 0) is 6.42 Å². The van der Waals surface area contributed by atoms with Gasteiger partial charge in [0, 0.05) is 23.7 Å². The molecule has 3 rings (SSSR count). The summed E-state index contributed by atoms with van der Waals surface area (Å²) < 4.78 is 12.1. The normalized spacial score (nSPS) is 11.2. The van der Waals surface area contributed by atoms with Gasteiger partial charge in [0.1, 0.15) is 24.8 Å². The van der Waals surface area contributed by atoms with Crippen LogP contribution < -0.4 is 14.8 Å². The van der Waals surface area contributed by atoms with Crippen LogP contribution in [0.15, 0.2) is 30.5 Å². The lowest BCUT2D eigenvalue weighted by molar-refractivity contribution is 0.218. The first-order valence-electron chi connectivity index (χ1n) is 11.3. The van der Waals surface area contributed by atoms with Crippen LogP contribution in [0.1, 0.15) is 63.5 Å². The van der Waals surface area contributed by atoms with Crippen LogP contribution in [0.5, 0.6) is 11.5 Å². The van der Waals surface area contributed by atoms with Crippen LogP contribution in [-0.4, -0.2) is 34.7 Å². The van der Waals surface area contributed by atoms with Crippen LogP contribution >= 0.6 is 0 Å². The van der Waals surface area contributed by atoms with E-state index in [1.807, 2.05) is 13.0 Å². The van der Waals surface area contributed by atoms with Gasteiger partial charge >= 0.3 is 0 Å². The van der Waals surface area contributed by atoms with E-state index in [0.29, 0.717) is 24.9 Å². The molecule has 6 heteroatoms. The molecule has 0 unspecified atom stereocenters. The summed E-state index contributed by atoms with van der Waals surface area (Å²) in [6.07, 6.45) is 4.92. The number of pyridine rings is 1. The number of nitrogens with zero attached hydrogens (tertiary/aromatic N) is 3. The molecule has 3 aromatic rings. The molecule has 0 aliphatic heterocycles. The minimum Gasteiger partial charge on any atom is -0.489 e. The minimum absolute atomic E-state index is 0.328. The lowest BCUT2D eigenvalue weighted by atomic mass is 10.0. The molecule has 0 aliphatic carbocycles. The molecule has 1 aromatic carbocycles. The zero-order chi connectivity index (χ0) is 22.2. The third-order valence-corrected chi connectivity index (χ3v) is 5.15. The molecule has 0 saturated carbocycles. The van der Waals surface area contributed by atoms with Crippen LogP contribution in [0, 0.1) is 6.92 Å². The Morgan fingerprint density at radius 3 is 2.48 bits per heavy atom. The van der Waals surface area contributed by atoms with E-state index in [1.165, 1.54) is 5.56 Å². The number of unbranched alkanes of at least 4 members (excludes halogenated alkanes) is 1. The molecule has 31 heavy (non-hydrogen) atoms. The van der Waals surface area contributed by atoms with Crippen molar-refractivity contribution in [2.45, 2.75) is 59.8 Å². The molecular formula is C25H34N4O2. The fraction of sp³-hybridized carbons (Fsp3) is 0.480. The first-order chi connectivity index (χ1) is 15.0. The average Bonchev–Trinajstić information content (AvgIpc) is 2.77. The lowest BCUT2D eigenvalue weighted by Gasteiger charge is -2.15. The van der Waals surface area contributed by atoms with Gasteiger partial charge < -0.3 is 14.8 Å². The molecule has 0 saturated heterocycles. The Balaban J connectivity index is 1.69. The first kappa shape index (κ1) is 22.8. The number of aromatic nitrogens is 3. The van der Waals surface area contributed by atoms with E-state index in [4.69, 9.17) is 14.5 Å². The number of fused-ring (bicyclic) bond motifs is 1. The fourth-order valence-corrected chi connectivity index (χ4v) is 3.27. The third kappa shape index (κ3) is 6.06. The summed E-state index contributed by atoms with van der Waals surface area (Å²) in [5, 5.41) is 4.37. The van der Waals surface area contributed by atoms with Gasteiger partial charge in [-0.3, -0.25) is 4.98 Å². The van der Waals surface area contributed by atoms with Crippen LogP contribution in [0.3, 0.4) is 0 Å². The Bertz CT molecular complexity index is 1000. The average molecular weight is 423 g/mol. The monoisotopic (exact) mass is 422 g/mol. The van der Waals surface area contributed by atoms with E-state index in [2.05, 4.69) is 61.2 Å². The molecule has 0 bridgehead atoms. The van der Waals surface area contributed by atoms with Crippen molar-refractivity contribution < 1.29 is 9.47 Å². The summed E-state index contributed by atoms with van der Waals surface area (Å²) >= 11 is 0. The highest BCUT2D eigenvalue weighted by Crippen LogP contribution is 2.29. The number of ether oxygens (including phenoxy) is 2. The third-order valence-electron chi connectivity index (χ3n) is 5.15. The van der Waals surface area contributed by atoms with Gasteiger partial charge in [0.25, 0.3) is 0 Å². The second kappa shape index (κ2) is 10.9. The van der Waals surface area contributed by atoms with Gasteiger partial charge in [-0.2, -0.15) is 0 Å². The van der Waals surface area contributed by atoms with Crippen LogP contribution in [0.4, 0.5) is 5.82 Å². The summed E-state index contributed by atoms with van der Waals surface area (Å²) in [6.45, 7) is 12.2. The Morgan fingerprint density at radius 2 is 1.77 bits per heavy atom. The first-order valence-corrected chi connectivity index (χ1v) is 11.3. The van der Waals surface area contributed by atoms with E-state index < -0.39 is 0 Å². The quantitative estimate of drug-likeness (QED) is 0.400. The molecule has 0 spiro atoms. The highest BCUT2D eigenvalue weighted by molar-refractivity contribution is 5.86. The number of nitrogens with one attached hydrogen (secondary N) is 1. The largest absolute Gasteiger partial charge is 0.489 e. The van der Waals surface area contributed by atoms with Crippen molar-refractivity contribution in [3.8, 4) is 11.5 Å². The van der Waals surface area contributed by atoms with E-state index >= 15 is 0 Å². The summed E-state index contributed by atoms with van der Waals surface area (Å²) in [7, 11) is 0. The maximum Gasteiger partial charge on any atom is 0.180 e. The van der Waals surface area contributed by atoms with Gasteiger partial charge in [0.05, 0.1) is 11.7 Å². The van der Waals surface area contributed by atoms with Gasteiger partial charge in [-0.05, 0) is 43.4 Å². The predicted octanol–water partition coefficient (Wildman–Crippen LogP) is 5.69. The Morgan fingerprint density at radius 1 is 1.00 bits per heavy atom. The van der Waals surface area contributed by atoms with Crippen molar-refractivity contribution in [2.24, 2.45) is 0 Å². The van der Waals surface area contributed by atoms with Gasteiger partial charge in [0.2, 0.25) is 0 Å². The number of aryl methyl sites for hydroxylation is 2. The molecule has 2 aromatic heterocycles. The highest BCUT2D eigenvalue weighted by atomic mass is 16.5. The van der Waals surface area contributed by atoms with Gasteiger partial charge in [-0.25, -0.2) is 9.97 Å². The summed E-state index contributed by atoms with van der Waals surface area (Å²) in [6, 6.07) is 8.44. The zero-order valence-electron chi connectivity index (χ0n) is 19.4. The SMILES string of the molecule is CCCCNc1nc(C)ncc1OCCOc1cc(C(C)C)nc2cc(CC)ccc12. The molecule has 6 nitrogen and oxygen atoms in total. The molecule has 0 radical (unpaired) electrons. The topological polar surface area (TPSA) is 69.2 Å².